The molecule has 2 N–H and O–H groups in total. The Morgan fingerprint density at radius 2 is 2.03 bits per heavy atom. The summed E-state index contributed by atoms with van der Waals surface area (Å²) in [5.41, 5.74) is 3.58. The summed E-state index contributed by atoms with van der Waals surface area (Å²) in [5.74, 6) is 1.10. The van der Waals surface area contributed by atoms with Crippen LogP contribution in [0.3, 0.4) is 0 Å². The highest BCUT2D eigenvalue weighted by Gasteiger charge is 2.11. The number of benzene rings is 2. The van der Waals surface area contributed by atoms with E-state index in [0.29, 0.717) is 41.9 Å². The van der Waals surface area contributed by atoms with E-state index in [1.54, 1.807) is 6.07 Å². The Morgan fingerprint density at radius 3 is 2.80 bits per heavy atom. The molecule has 3 aromatic rings. The van der Waals surface area contributed by atoms with Gasteiger partial charge in [0.1, 0.15) is 6.61 Å². The smallest absolute Gasteiger partial charge is 0.411 e. The van der Waals surface area contributed by atoms with Crippen LogP contribution in [0.25, 0.3) is 11.5 Å². The minimum Gasteiger partial charge on any atom is -0.411 e. The second-order valence-electron chi connectivity index (χ2n) is 6.27. The molecule has 8 nitrogen and oxygen atoms in total. The highest BCUT2D eigenvalue weighted by molar-refractivity contribution is 7.98. The van der Waals surface area contributed by atoms with Crippen molar-refractivity contribution >= 4 is 20.0 Å². The van der Waals surface area contributed by atoms with Crippen LogP contribution in [0.5, 0.6) is 0 Å². The fourth-order valence-electron chi connectivity index (χ4n) is 2.60. The molecule has 154 valence electrons. The van der Waals surface area contributed by atoms with Gasteiger partial charge in [0.05, 0.1) is 11.6 Å². The van der Waals surface area contributed by atoms with Crippen LogP contribution in [-0.2, 0) is 21.4 Å². The molecule has 10 heteroatoms. The van der Waals surface area contributed by atoms with Crippen molar-refractivity contribution in [2.45, 2.75) is 23.9 Å². The van der Waals surface area contributed by atoms with Crippen molar-refractivity contribution in [3.05, 3.63) is 65.2 Å². The van der Waals surface area contributed by atoms with E-state index < -0.39 is 8.25 Å². The number of nitriles is 1. The molecule has 1 unspecified atom stereocenters. The number of nitrogens with zero attached hydrogens (tertiary/aromatic N) is 3. The minimum absolute atomic E-state index is 0.249. The topological polar surface area (TPSA) is 121 Å². The normalized spacial score (nSPS) is 11.3. The van der Waals surface area contributed by atoms with E-state index in [4.69, 9.17) is 14.6 Å². The Balaban J connectivity index is 1.47. The van der Waals surface area contributed by atoms with Crippen molar-refractivity contribution in [1.29, 1.82) is 5.26 Å². The van der Waals surface area contributed by atoms with E-state index >= 15 is 0 Å². The maximum Gasteiger partial charge on any atom is 0.694 e. The summed E-state index contributed by atoms with van der Waals surface area (Å²) in [6.45, 7) is 1.61. The van der Waals surface area contributed by atoms with Crippen LogP contribution >= 0.6 is 20.0 Å². The molecule has 0 bridgehead atoms. The lowest BCUT2D eigenvalue weighted by Crippen LogP contribution is -2.15. The van der Waals surface area contributed by atoms with Gasteiger partial charge < -0.3 is 9.73 Å². The van der Waals surface area contributed by atoms with Crippen LogP contribution in [-0.4, -0.2) is 28.2 Å². The number of hydrogen-bond acceptors (Lipinski definition) is 8. The van der Waals surface area contributed by atoms with Crippen molar-refractivity contribution < 1.29 is 18.4 Å². The molecule has 0 aliphatic carbocycles. The molecule has 0 radical (unpaired) electrons. The molecule has 0 fully saturated rings. The standard InChI is InChI=1S/C20H19N4O4PS/c21-12-16-3-1-4-17(11-16)14-30-20-24-23-19(28-20)18-7-5-15(6-8-18)13-22-9-2-10-27-29(25)26/h1,3-8,11,22H,2,9-10,13-14H2/p+1. The molecule has 0 spiro atoms. The van der Waals surface area contributed by atoms with Crippen molar-refractivity contribution in [3.63, 3.8) is 0 Å². The third-order valence-electron chi connectivity index (χ3n) is 4.05. The first-order valence-corrected chi connectivity index (χ1v) is 11.3. The number of aromatic nitrogens is 2. The third-order valence-corrected chi connectivity index (χ3v) is 5.35. The minimum atomic E-state index is -2.52. The summed E-state index contributed by atoms with van der Waals surface area (Å²) < 4.78 is 20.7. The Morgan fingerprint density at radius 1 is 1.20 bits per heavy atom. The molecule has 30 heavy (non-hydrogen) atoms. The molecule has 1 aromatic heterocycles. The van der Waals surface area contributed by atoms with Gasteiger partial charge in [0.15, 0.2) is 0 Å². The Bertz CT molecular complexity index is 1020. The summed E-state index contributed by atoms with van der Waals surface area (Å²) in [4.78, 5) is 8.55. The molecular formula is C20H20N4O4PS+. The summed E-state index contributed by atoms with van der Waals surface area (Å²) in [6.07, 6.45) is 0.656. The van der Waals surface area contributed by atoms with Crippen molar-refractivity contribution in [2.75, 3.05) is 13.2 Å². The maximum absolute atomic E-state index is 10.4. The first kappa shape index (κ1) is 22.1. The fraction of sp³-hybridized carbons (Fsp3) is 0.250. The zero-order chi connectivity index (χ0) is 21.2. The van der Waals surface area contributed by atoms with Crippen LogP contribution in [0.4, 0.5) is 0 Å². The highest BCUT2D eigenvalue weighted by atomic mass is 32.2. The Hall–Kier alpha value is -2.60. The third kappa shape index (κ3) is 7.02. The lowest BCUT2D eigenvalue weighted by Gasteiger charge is -2.04. The van der Waals surface area contributed by atoms with Gasteiger partial charge >= 0.3 is 8.25 Å². The SMILES string of the molecule is N#Cc1cccc(CSc2nnc(-c3ccc(CNCCCO[P+](=O)O)cc3)o2)c1. The largest absolute Gasteiger partial charge is 0.694 e. The first-order chi connectivity index (χ1) is 14.6. The first-order valence-electron chi connectivity index (χ1n) is 9.18. The molecule has 0 aliphatic rings. The van der Waals surface area contributed by atoms with Crippen molar-refractivity contribution in [1.82, 2.24) is 15.5 Å². The van der Waals surface area contributed by atoms with Crippen molar-refractivity contribution in [3.8, 4) is 17.5 Å². The van der Waals surface area contributed by atoms with Gasteiger partial charge in [-0.15, -0.1) is 19.6 Å². The van der Waals surface area contributed by atoms with Gasteiger partial charge in [0, 0.05) is 22.4 Å². The molecule has 1 atom stereocenters. The predicted octanol–water partition coefficient (Wildman–Crippen LogP) is 4.05. The van der Waals surface area contributed by atoms with E-state index in [1.807, 2.05) is 42.5 Å². The van der Waals surface area contributed by atoms with Crippen LogP contribution in [0.1, 0.15) is 23.1 Å². The lowest BCUT2D eigenvalue weighted by molar-refractivity contribution is 0.276. The molecule has 1 heterocycles. The number of hydrogen-bond donors (Lipinski definition) is 2. The number of thioether (sulfide) groups is 1. The molecular weight excluding hydrogens is 423 g/mol. The molecule has 0 amide bonds. The molecule has 3 rings (SSSR count). The predicted molar refractivity (Wildman–Crippen MR) is 113 cm³/mol. The summed E-state index contributed by atoms with van der Waals surface area (Å²) in [7, 11) is -2.52. The number of rotatable bonds is 11. The monoisotopic (exact) mass is 443 g/mol. The van der Waals surface area contributed by atoms with E-state index in [1.165, 1.54) is 11.8 Å². The van der Waals surface area contributed by atoms with E-state index in [9.17, 15) is 4.57 Å². The average Bonchev–Trinajstić information content (AvgIpc) is 3.24. The number of nitrogens with one attached hydrogen (secondary N) is 1. The van der Waals surface area contributed by atoms with Gasteiger partial charge in [0.25, 0.3) is 5.22 Å². The van der Waals surface area contributed by atoms with Gasteiger partial charge in [-0.05, 0) is 48.4 Å². The lowest BCUT2D eigenvalue weighted by atomic mass is 10.1. The van der Waals surface area contributed by atoms with E-state index in [0.717, 1.165) is 16.7 Å². The Labute approximate surface area is 179 Å². The van der Waals surface area contributed by atoms with Gasteiger partial charge in [0.2, 0.25) is 5.89 Å². The van der Waals surface area contributed by atoms with Crippen LogP contribution in [0, 0.1) is 11.3 Å². The molecule has 0 saturated carbocycles. The van der Waals surface area contributed by atoms with E-state index in [2.05, 4.69) is 26.1 Å². The molecule has 2 aromatic carbocycles. The quantitative estimate of drug-likeness (QED) is 0.257. The second-order valence-corrected chi connectivity index (χ2v) is 7.93. The van der Waals surface area contributed by atoms with Crippen LogP contribution in [0.15, 0.2) is 58.2 Å². The summed E-state index contributed by atoms with van der Waals surface area (Å²) in [5, 5.41) is 20.9. The fourth-order valence-corrected chi connectivity index (χ4v) is 3.59. The van der Waals surface area contributed by atoms with Crippen molar-refractivity contribution in [2.24, 2.45) is 0 Å². The van der Waals surface area contributed by atoms with Gasteiger partial charge in [-0.25, -0.2) is 0 Å². The van der Waals surface area contributed by atoms with Gasteiger partial charge in [-0.3, -0.25) is 0 Å². The summed E-state index contributed by atoms with van der Waals surface area (Å²) >= 11 is 1.43. The Kier molecular flexibility index (Phi) is 8.51. The maximum atomic E-state index is 10.4. The average molecular weight is 443 g/mol. The van der Waals surface area contributed by atoms with Gasteiger partial charge in [-0.1, -0.05) is 36.0 Å². The van der Waals surface area contributed by atoms with E-state index in [-0.39, 0.29) is 6.61 Å². The zero-order valence-electron chi connectivity index (χ0n) is 16.0. The zero-order valence-corrected chi connectivity index (χ0v) is 17.7. The second kappa shape index (κ2) is 11.6. The van der Waals surface area contributed by atoms with Gasteiger partial charge in [-0.2, -0.15) is 5.26 Å². The van der Waals surface area contributed by atoms with Crippen LogP contribution < -0.4 is 5.32 Å². The van der Waals surface area contributed by atoms with Crippen LogP contribution in [0.2, 0.25) is 0 Å². The molecule has 0 aliphatic heterocycles. The highest BCUT2D eigenvalue weighted by Crippen LogP contribution is 2.26. The molecule has 0 saturated heterocycles. The summed E-state index contributed by atoms with van der Waals surface area (Å²) in [6, 6.07) is 17.4.